The number of benzene rings is 1. The lowest BCUT2D eigenvalue weighted by Gasteiger charge is -2.32. The molecule has 0 heterocycles. The molecular formula is C14H21BrN2O5S2. The third kappa shape index (κ3) is 5.16. The summed E-state index contributed by atoms with van der Waals surface area (Å²) in [6, 6.07) is 3.75. The highest BCUT2D eigenvalue weighted by atomic mass is 79.9. The molecule has 0 bridgehead atoms. The number of ether oxygens (including phenoxy) is 1. The van der Waals surface area contributed by atoms with Gasteiger partial charge < -0.3 is 4.74 Å². The van der Waals surface area contributed by atoms with Crippen LogP contribution in [0, 0.1) is 0 Å². The van der Waals surface area contributed by atoms with Crippen molar-refractivity contribution in [3.05, 3.63) is 22.7 Å². The topological polar surface area (TPSA) is 102 Å². The molecule has 0 aliphatic heterocycles. The Morgan fingerprint density at radius 3 is 2.21 bits per heavy atom. The number of halogens is 1. The first-order chi connectivity index (χ1) is 11.1. The summed E-state index contributed by atoms with van der Waals surface area (Å²) >= 11 is 3.26. The molecule has 0 aromatic heterocycles. The van der Waals surface area contributed by atoms with E-state index in [0.717, 1.165) is 19.1 Å². The van der Waals surface area contributed by atoms with Crippen LogP contribution in [0.5, 0.6) is 5.75 Å². The van der Waals surface area contributed by atoms with Gasteiger partial charge in [-0.05, 0) is 31.0 Å². The maximum atomic E-state index is 12.8. The van der Waals surface area contributed by atoms with Crippen molar-refractivity contribution in [3.63, 3.8) is 0 Å². The molecule has 24 heavy (non-hydrogen) atoms. The summed E-state index contributed by atoms with van der Waals surface area (Å²) in [5.41, 5.74) is 0. The van der Waals surface area contributed by atoms with Crippen molar-refractivity contribution in [3.8, 4) is 5.75 Å². The minimum absolute atomic E-state index is 0.0167. The van der Waals surface area contributed by atoms with Crippen LogP contribution in [-0.2, 0) is 20.0 Å². The quantitative estimate of drug-likeness (QED) is 0.699. The number of methoxy groups -OCH3 is 1. The van der Waals surface area contributed by atoms with Gasteiger partial charge in [0.05, 0.1) is 13.4 Å². The van der Waals surface area contributed by atoms with Crippen LogP contribution in [0.3, 0.4) is 0 Å². The van der Waals surface area contributed by atoms with E-state index in [1.807, 2.05) is 0 Å². The Kier molecular flexibility index (Phi) is 6.29. The maximum absolute atomic E-state index is 12.8. The van der Waals surface area contributed by atoms with E-state index < -0.39 is 32.1 Å². The molecular weight excluding hydrogens is 420 g/mol. The third-order valence-corrected chi connectivity index (χ3v) is 6.59. The lowest BCUT2D eigenvalue weighted by Crippen LogP contribution is -2.52. The summed E-state index contributed by atoms with van der Waals surface area (Å²) < 4.78 is 59.4. The Hall–Kier alpha value is -0.680. The van der Waals surface area contributed by atoms with Crippen molar-refractivity contribution < 1.29 is 21.6 Å². The fourth-order valence-electron chi connectivity index (χ4n) is 2.81. The zero-order valence-corrected chi connectivity index (χ0v) is 16.7. The number of hydrogen-bond acceptors (Lipinski definition) is 5. The Morgan fingerprint density at radius 2 is 1.67 bits per heavy atom. The molecule has 2 N–H and O–H groups in total. The van der Waals surface area contributed by atoms with Crippen LogP contribution in [0.15, 0.2) is 27.6 Å². The highest BCUT2D eigenvalue weighted by Gasteiger charge is 2.32. The first-order valence-corrected chi connectivity index (χ1v) is 11.6. The van der Waals surface area contributed by atoms with Gasteiger partial charge >= 0.3 is 0 Å². The van der Waals surface area contributed by atoms with Crippen molar-refractivity contribution in [1.82, 2.24) is 9.44 Å². The van der Waals surface area contributed by atoms with Crippen LogP contribution < -0.4 is 14.2 Å². The summed E-state index contributed by atoms with van der Waals surface area (Å²) in [5, 5.41) is 0. The van der Waals surface area contributed by atoms with Gasteiger partial charge in [-0.2, -0.15) is 0 Å². The van der Waals surface area contributed by atoms with E-state index in [4.69, 9.17) is 4.74 Å². The molecule has 7 nitrogen and oxygen atoms in total. The van der Waals surface area contributed by atoms with Gasteiger partial charge in [0.2, 0.25) is 20.0 Å². The summed E-state index contributed by atoms with van der Waals surface area (Å²) in [7, 11) is -5.87. The fraction of sp³-hybridized carbons (Fsp3) is 0.571. The average Bonchev–Trinajstić information content (AvgIpc) is 2.47. The summed E-state index contributed by atoms with van der Waals surface area (Å²) in [6.45, 7) is 0. The maximum Gasteiger partial charge on any atom is 0.244 e. The van der Waals surface area contributed by atoms with Crippen molar-refractivity contribution in [1.29, 1.82) is 0 Å². The molecule has 1 aliphatic carbocycles. The molecule has 1 aliphatic rings. The monoisotopic (exact) mass is 440 g/mol. The van der Waals surface area contributed by atoms with Crippen molar-refractivity contribution >= 4 is 36.0 Å². The van der Waals surface area contributed by atoms with E-state index in [0.29, 0.717) is 17.3 Å². The van der Waals surface area contributed by atoms with Gasteiger partial charge in [-0.25, -0.2) is 26.3 Å². The number of rotatable bonds is 6. The molecule has 0 spiro atoms. The van der Waals surface area contributed by atoms with E-state index in [9.17, 15) is 16.8 Å². The van der Waals surface area contributed by atoms with Gasteiger partial charge in [-0.1, -0.05) is 28.8 Å². The zero-order valence-electron chi connectivity index (χ0n) is 13.5. The largest absolute Gasteiger partial charge is 0.495 e. The predicted octanol–water partition coefficient (Wildman–Crippen LogP) is 1.60. The SMILES string of the molecule is COc1ccc(Br)cc1S(=O)(=O)N[C@@H]1CCCC[C@@H]1NS(C)(=O)=O. The molecule has 1 saturated carbocycles. The van der Waals surface area contributed by atoms with Gasteiger partial charge in [-0.15, -0.1) is 0 Å². The third-order valence-electron chi connectivity index (χ3n) is 3.85. The molecule has 0 amide bonds. The molecule has 136 valence electrons. The standard InChI is InChI=1S/C14H21BrN2O5S2/c1-22-13-8-7-10(15)9-14(13)24(20,21)17-12-6-4-3-5-11(12)16-23(2,18)19/h7-9,11-12,16-17H,3-6H2,1-2H3/t11-,12+/m0/s1. The molecule has 10 heteroatoms. The Morgan fingerprint density at radius 1 is 1.08 bits per heavy atom. The highest BCUT2D eigenvalue weighted by Crippen LogP contribution is 2.28. The zero-order chi connectivity index (χ0) is 18.0. The van der Waals surface area contributed by atoms with E-state index in [2.05, 4.69) is 25.4 Å². The van der Waals surface area contributed by atoms with Crippen LogP contribution in [0.1, 0.15) is 25.7 Å². The first kappa shape index (κ1) is 19.6. The summed E-state index contributed by atoms with van der Waals surface area (Å²) in [5.74, 6) is 0.231. The minimum Gasteiger partial charge on any atom is -0.495 e. The van der Waals surface area contributed by atoms with Gasteiger partial charge in [-0.3, -0.25) is 0 Å². The average molecular weight is 441 g/mol. The van der Waals surface area contributed by atoms with Crippen molar-refractivity contribution in [2.24, 2.45) is 0 Å². The van der Waals surface area contributed by atoms with E-state index in [1.165, 1.54) is 13.2 Å². The molecule has 1 aromatic rings. The van der Waals surface area contributed by atoms with Gasteiger partial charge in [0.25, 0.3) is 0 Å². The number of sulfonamides is 2. The van der Waals surface area contributed by atoms with Crippen LogP contribution in [0.2, 0.25) is 0 Å². The second kappa shape index (κ2) is 7.69. The number of hydrogen-bond donors (Lipinski definition) is 2. The van der Waals surface area contributed by atoms with Crippen molar-refractivity contribution in [2.75, 3.05) is 13.4 Å². The van der Waals surface area contributed by atoms with Gasteiger partial charge in [0.15, 0.2) is 0 Å². The minimum atomic E-state index is -3.85. The fourth-order valence-corrected chi connectivity index (χ4v) is 5.66. The highest BCUT2D eigenvalue weighted by molar-refractivity contribution is 9.10. The Balaban J connectivity index is 2.28. The van der Waals surface area contributed by atoms with Crippen LogP contribution >= 0.6 is 15.9 Å². The summed E-state index contributed by atoms with van der Waals surface area (Å²) in [4.78, 5) is 0.0167. The first-order valence-electron chi connectivity index (χ1n) is 7.45. The van der Waals surface area contributed by atoms with Crippen LogP contribution in [0.25, 0.3) is 0 Å². The smallest absolute Gasteiger partial charge is 0.244 e. The molecule has 1 fully saturated rings. The van der Waals surface area contributed by atoms with Gasteiger partial charge in [0.1, 0.15) is 10.6 Å². The molecule has 0 unspecified atom stereocenters. The van der Waals surface area contributed by atoms with E-state index >= 15 is 0 Å². The normalized spacial score (nSPS) is 22.3. The van der Waals surface area contributed by atoms with Crippen LogP contribution in [0.4, 0.5) is 0 Å². The van der Waals surface area contributed by atoms with E-state index in [-0.39, 0.29) is 10.6 Å². The van der Waals surface area contributed by atoms with E-state index in [1.54, 1.807) is 12.1 Å². The lowest BCUT2D eigenvalue weighted by atomic mass is 9.92. The molecule has 0 saturated heterocycles. The molecule has 0 radical (unpaired) electrons. The van der Waals surface area contributed by atoms with Crippen LogP contribution in [-0.4, -0.2) is 42.3 Å². The molecule has 2 rings (SSSR count). The lowest BCUT2D eigenvalue weighted by molar-refractivity contribution is 0.340. The molecule has 2 atom stereocenters. The Labute approximate surface area is 151 Å². The van der Waals surface area contributed by atoms with Gasteiger partial charge in [0, 0.05) is 16.6 Å². The second-order valence-electron chi connectivity index (χ2n) is 5.80. The Bertz CT molecular complexity index is 795. The molecule has 1 aromatic carbocycles. The van der Waals surface area contributed by atoms with Crippen molar-refractivity contribution in [2.45, 2.75) is 42.7 Å². The second-order valence-corrected chi connectivity index (χ2v) is 10.2. The number of nitrogens with one attached hydrogen (secondary N) is 2. The summed E-state index contributed by atoms with van der Waals surface area (Å²) in [6.07, 6.45) is 3.93. The predicted molar refractivity (Wildman–Crippen MR) is 95.0 cm³/mol.